The number of hydrogen-bond acceptors (Lipinski definition) is 4. The van der Waals surface area contributed by atoms with Crippen molar-refractivity contribution in [3.8, 4) is 0 Å². The summed E-state index contributed by atoms with van der Waals surface area (Å²) >= 11 is 0. The number of rotatable bonds is 7. The van der Waals surface area contributed by atoms with Crippen LogP contribution in [0.4, 0.5) is 4.39 Å². The molecule has 1 aliphatic rings. The molecule has 0 spiro atoms. The lowest BCUT2D eigenvalue weighted by Gasteiger charge is -2.09. The normalized spacial score (nSPS) is 13.4. The maximum Gasteiger partial charge on any atom is 0.240 e. The van der Waals surface area contributed by atoms with Crippen LogP contribution in [0.5, 0.6) is 0 Å². The average Bonchev–Trinajstić information content (AvgIpc) is 3.08. The predicted molar refractivity (Wildman–Crippen MR) is 95.0 cm³/mol. The van der Waals surface area contributed by atoms with Gasteiger partial charge < -0.3 is 10.6 Å². The second-order valence-electron chi connectivity index (χ2n) is 6.09. The lowest BCUT2D eigenvalue weighted by Crippen LogP contribution is -2.30. The zero-order valence-electron chi connectivity index (χ0n) is 14.1. The number of fused-ring (bicyclic) bond motifs is 1. The Bertz CT molecular complexity index is 898. The van der Waals surface area contributed by atoms with E-state index in [1.54, 1.807) is 0 Å². The van der Waals surface area contributed by atoms with Crippen LogP contribution in [0.3, 0.4) is 0 Å². The molecule has 2 aromatic rings. The second-order valence-corrected chi connectivity index (χ2v) is 7.85. The molecule has 0 aliphatic carbocycles. The van der Waals surface area contributed by atoms with E-state index in [0.717, 1.165) is 30.8 Å². The zero-order chi connectivity index (χ0) is 18.6. The van der Waals surface area contributed by atoms with Crippen molar-refractivity contribution in [1.29, 1.82) is 0 Å². The molecule has 6 nitrogen and oxygen atoms in total. The minimum atomic E-state index is -3.75. The van der Waals surface area contributed by atoms with Gasteiger partial charge in [-0.05, 0) is 41.0 Å². The van der Waals surface area contributed by atoms with E-state index < -0.39 is 15.8 Å². The van der Waals surface area contributed by atoms with E-state index in [9.17, 15) is 17.6 Å². The number of amides is 1. The van der Waals surface area contributed by atoms with Crippen LogP contribution in [0, 0.1) is 5.82 Å². The largest absolute Gasteiger partial charge is 0.352 e. The average molecular weight is 377 g/mol. The van der Waals surface area contributed by atoms with Gasteiger partial charge in [0.05, 0.1) is 4.90 Å². The first-order valence-corrected chi connectivity index (χ1v) is 9.76. The van der Waals surface area contributed by atoms with Crippen LogP contribution in [0.25, 0.3) is 0 Å². The molecule has 138 valence electrons. The molecule has 8 heteroatoms. The summed E-state index contributed by atoms with van der Waals surface area (Å²) in [7, 11) is -3.75. The van der Waals surface area contributed by atoms with Crippen molar-refractivity contribution in [2.45, 2.75) is 31.0 Å². The highest BCUT2D eigenvalue weighted by molar-refractivity contribution is 7.89. The summed E-state index contributed by atoms with van der Waals surface area (Å²) in [4.78, 5) is 11.9. The summed E-state index contributed by atoms with van der Waals surface area (Å²) in [6.45, 7) is 2.08. The highest BCUT2D eigenvalue weighted by Crippen LogP contribution is 2.16. The molecule has 0 unspecified atom stereocenters. The van der Waals surface area contributed by atoms with Crippen molar-refractivity contribution in [1.82, 2.24) is 15.4 Å². The van der Waals surface area contributed by atoms with E-state index in [-0.39, 0.29) is 23.8 Å². The Labute approximate surface area is 151 Å². The summed E-state index contributed by atoms with van der Waals surface area (Å²) in [5.41, 5.74) is 3.52. The second kappa shape index (κ2) is 7.94. The fourth-order valence-corrected chi connectivity index (χ4v) is 3.77. The molecule has 0 fully saturated rings. The summed E-state index contributed by atoms with van der Waals surface area (Å²) in [6, 6.07) is 10.6. The molecule has 3 rings (SSSR count). The summed E-state index contributed by atoms with van der Waals surface area (Å²) in [5, 5.41) is 6.04. The molecule has 0 aromatic heterocycles. The van der Waals surface area contributed by atoms with Crippen molar-refractivity contribution in [3.05, 3.63) is 65.0 Å². The molecule has 1 aliphatic heterocycles. The SMILES string of the molecule is O=C(CCNS(=O)(=O)c1ccc(F)cc1)NCc1ccc2c(c1)CNC2. The van der Waals surface area contributed by atoms with Crippen LogP contribution in [0.15, 0.2) is 47.4 Å². The first kappa shape index (κ1) is 18.5. The smallest absolute Gasteiger partial charge is 0.240 e. The molecule has 3 N–H and O–H groups in total. The van der Waals surface area contributed by atoms with Gasteiger partial charge in [0, 0.05) is 32.6 Å². The van der Waals surface area contributed by atoms with Gasteiger partial charge >= 0.3 is 0 Å². The van der Waals surface area contributed by atoms with Gasteiger partial charge in [0.25, 0.3) is 0 Å². The van der Waals surface area contributed by atoms with E-state index in [0.29, 0.717) is 6.54 Å². The fourth-order valence-electron chi connectivity index (χ4n) is 2.74. The van der Waals surface area contributed by atoms with Crippen molar-refractivity contribution >= 4 is 15.9 Å². The maximum atomic E-state index is 12.9. The van der Waals surface area contributed by atoms with Crippen LogP contribution in [-0.4, -0.2) is 20.9 Å². The minimum absolute atomic E-state index is 0.0208. The van der Waals surface area contributed by atoms with Crippen molar-refractivity contribution < 1.29 is 17.6 Å². The molecule has 2 aromatic carbocycles. The number of carbonyl (C=O) groups is 1. The third-order valence-corrected chi connectivity index (χ3v) is 5.64. The van der Waals surface area contributed by atoms with Gasteiger partial charge in [0.1, 0.15) is 5.82 Å². The molecule has 26 heavy (non-hydrogen) atoms. The highest BCUT2D eigenvalue weighted by atomic mass is 32.2. The Kier molecular flexibility index (Phi) is 5.65. The summed E-state index contributed by atoms with van der Waals surface area (Å²) in [6.07, 6.45) is 0.0208. The van der Waals surface area contributed by atoms with Crippen LogP contribution < -0.4 is 15.4 Å². The third kappa shape index (κ3) is 4.66. The maximum absolute atomic E-state index is 12.9. The number of hydrogen-bond donors (Lipinski definition) is 3. The molecule has 0 saturated heterocycles. The van der Waals surface area contributed by atoms with Crippen LogP contribution in [0.1, 0.15) is 23.1 Å². The highest BCUT2D eigenvalue weighted by Gasteiger charge is 2.14. The van der Waals surface area contributed by atoms with Crippen molar-refractivity contribution in [3.63, 3.8) is 0 Å². The number of halogens is 1. The quantitative estimate of drug-likeness (QED) is 0.681. The topological polar surface area (TPSA) is 87.3 Å². The molecule has 1 heterocycles. The molecular weight excluding hydrogens is 357 g/mol. The van der Waals surface area contributed by atoms with Crippen LogP contribution in [-0.2, 0) is 34.5 Å². The molecule has 0 saturated carbocycles. The van der Waals surface area contributed by atoms with Gasteiger partial charge in [-0.25, -0.2) is 17.5 Å². The van der Waals surface area contributed by atoms with Gasteiger partial charge in [0.15, 0.2) is 0 Å². The number of carbonyl (C=O) groups excluding carboxylic acids is 1. The molecule has 1 amide bonds. The van der Waals surface area contributed by atoms with Gasteiger partial charge in [-0.2, -0.15) is 0 Å². The number of benzene rings is 2. The fraction of sp³-hybridized carbons (Fsp3) is 0.278. The van der Waals surface area contributed by atoms with E-state index >= 15 is 0 Å². The minimum Gasteiger partial charge on any atom is -0.352 e. The molecule has 0 bridgehead atoms. The Balaban J connectivity index is 1.44. The van der Waals surface area contributed by atoms with Gasteiger partial charge in [-0.3, -0.25) is 4.79 Å². The van der Waals surface area contributed by atoms with Crippen LogP contribution >= 0.6 is 0 Å². The summed E-state index contributed by atoms with van der Waals surface area (Å²) in [5.74, 6) is -0.754. The van der Waals surface area contributed by atoms with Gasteiger partial charge in [-0.1, -0.05) is 18.2 Å². The van der Waals surface area contributed by atoms with Gasteiger partial charge in [0.2, 0.25) is 15.9 Å². The standard InChI is InChI=1S/C18H20FN3O3S/c19-16-3-5-17(6-4-16)26(24,25)22-8-7-18(23)21-10-13-1-2-14-11-20-12-15(14)9-13/h1-6,9,20,22H,7-8,10-12H2,(H,21,23). The van der Waals surface area contributed by atoms with E-state index in [1.807, 2.05) is 12.1 Å². The third-order valence-electron chi connectivity index (χ3n) is 4.16. The predicted octanol–water partition coefficient (Wildman–Crippen LogP) is 1.41. The monoisotopic (exact) mass is 377 g/mol. The first-order valence-electron chi connectivity index (χ1n) is 8.27. The first-order chi connectivity index (χ1) is 12.4. The van der Waals surface area contributed by atoms with Crippen molar-refractivity contribution in [2.75, 3.05) is 6.54 Å². The van der Waals surface area contributed by atoms with E-state index in [1.165, 1.54) is 23.3 Å². The van der Waals surface area contributed by atoms with E-state index in [2.05, 4.69) is 21.4 Å². The number of nitrogens with one attached hydrogen (secondary N) is 3. The zero-order valence-corrected chi connectivity index (χ0v) is 14.9. The number of sulfonamides is 1. The Morgan fingerprint density at radius 2 is 1.81 bits per heavy atom. The van der Waals surface area contributed by atoms with E-state index in [4.69, 9.17) is 0 Å². The summed E-state index contributed by atoms with van der Waals surface area (Å²) < 4.78 is 39.3. The Hall–Kier alpha value is -2.29. The molecule has 0 atom stereocenters. The lowest BCUT2D eigenvalue weighted by molar-refractivity contribution is -0.121. The van der Waals surface area contributed by atoms with Gasteiger partial charge in [-0.15, -0.1) is 0 Å². The molecular formula is C18H20FN3O3S. The lowest BCUT2D eigenvalue weighted by atomic mass is 10.1. The molecule has 0 radical (unpaired) electrons. The van der Waals surface area contributed by atoms with Crippen molar-refractivity contribution in [2.24, 2.45) is 0 Å². The van der Waals surface area contributed by atoms with Crippen LogP contribution in [0.2, 0.25) is 0 Å². The Morgan fingerprint density at radius 3 is 2.58 bits per heavy atom. The Morgan fingerprint density at radius 1 is 1.08 bits per heavy atom.